The van der Waals surface area contributed by atoms with E-state index in [1.54, 1.807) is 31.6 Å². The van der Waals surface area contributed by atoms with Gasteiger partial charge in [-0.25, -0.2) is 14.4 Å². The molecule has 0 saturated carbocycles. The Morgan fingerprint density at radius 1 is 1.32 bits per heavy atom. The number of nitrogens with zero attached hydrogens (tertiary/aromatic N) is 6. The molecular formula is C22H20FN7O. The Morgan fingerprint density at radius 3 is 2.94 bits per heavy atom. The standard InChI is InChI=1S/C22H20FN7O/c1-12-10-30(4-3-25-12)15-7-16-13(8-24)6-18(27-22(16)26-9-15)17-5-14-11-29(2)28-20(14)19(23)21(17)31/h5-7,9,11-12,25,31H,3-4,10H2,1-2H3. The van der Waals surface area contributed by atoms with Crippen LogP contribution in [-0.4, -0.2) is 50.5 Å². The van der Waals surface area contributed by atoms with Crippen LogP contribution in [0.5, 0.6) is 5.75 Å². The average Bonchev–Trinajstić information content (AvgIpc) is 3.15. The Morgan fingerprint density at radius 2 is 2.16 bits per heavy atom. The zero-order valence-corrected chi connectivity index (χ0v) is 17.1. The lowest BCUT2D eigenvalue weighted by atomic mass is 10.0. The van der Waals surface area contributed by atoms with Gasteiger partial charge in [-0.1, -0.05) is 0 Å². The van der Waals surface area contributed by atoms with Gasteiger partial charge < -0.3 is 15.3 Å². The highest BCUT2D eigenvalue weighted by atomic mass is 19.1. The third kappa shape index (κ3) is 3.21. The smallest absolute Gasteiger partial charge is 0.193 e. The van der Waals surface area contributed by atoms with Crippen molar-refractivity contribution in [2.75, 3.05) is 24.5 Å². The summed E-state index contributed by atoms with van der Waals surface area (Å²) in [5.74, 6) is -1.36. The number of benzene rings is 1. The molecule has 156 valence electrons. The Balaban J connectivity index is 1.65. The van der Waals surface area contributed by atoms with Crippen LogP contribution >= 0.6 is 0 Å². The van der Waals surface area contributed by atoms with Crippen LogP contribution in [0.1, 0.15) is 12.5 Å². The molecule has 1 aliphatic rings. The lowest BCUT2D eigenvalue weighted by Gasteiger charge is -2.33. The molecule has 1 fully saturated rings. The molecule has 4 heterocycles. The molecule has 8 nitrogen and oxygen atoms in total. The van der Waals surface area contributed by atoms with Crippen LogP contribution in [0.15, 0.2) is 30.6 Å². The molecule has 31 heavy (non-hydrogen) atoms. The van der Waals surface area contributed by atoms with E-state index in [1.165, 1.54) is 4.68 Å². The highest BCUT2D eigenvalue weighted by Crippen LogP contribution is 2.36. The number of nitriles is 1. The lowest BCUT2D eigenvalue weighted by molar-refractivity contribution is 0.437. The van der Waals surface area contributed by atoms with Gasteiger partial charge in [-0.2, -0.15) is 10.4 Å². The molecule has 0 amide bonds. The van der Waals surface area contributed by atoms with Crippen molar-refractivity contribution in [2.24, 2.45) is 7.05 Å². The fourth-order valence-corrected chi connectivity index (χ4v) is 4.10. The molecule has 0 radical (unpaired) electrons. The van der Waals surface area contributed by atoms with Crippen molar-refractivity contribution in [1.29, 1.82) is 5.26 Å². The number of phenols is 1. The minimum Gasteiger partial charge on any atom is -0.504 e. The summed E-state index contributed by atoms with van der Waals surface area (Å²) in [4.78, 5) is 11.2. The predicted molar refractivity (Wildman–Crippen MR) is 115 cm³/mol. The van der Waals surface area contributed by atoms with E-state index in [0.29, 0.717) is 28.0 Å². The number of anilines is 1. The molecule has 2 N–H and O–H groups in total. The van der Waals surface area contributed by atoms with Crippen LogP contribution in [0.25, 0.3) is 33.2 Å². The van der Waals surface area contributed by atoms with Gasteiger partial charge in [0.15, 0.2) is 17.2 Å². The monoisotopic (exact) mass is 417 g/mol. The summed E-state index contributed by atoms with van der Waals surface area (Å²) in [7, 11) is 1.68. The zero-order chi connectivity index (χ0) is 21.7. The van der Waals surface area contributed by atoms with Crippen molar-refractivity contribution in [3.8, 4) is 23.1 Å². The molecule has 0 aliphatic carbocycles. The van der Waals surface area contributed by atoms with Crippen molar-refractivity contribution >= 4 is 27.6 Å². The highest BCUT2D eigenvalue weighted by Gasteiger charge is 2.21. The first-order chi connectivity index (χ1) is 14.9. The van der Waals surface area contributed by atoms with E-state index in [9.17, 15) is 14.8 Å². The van der Waals surface area contributed by atoms with Crippen LogP contribution in [0.3, 0.4) is 0 Å². The van der Waals surface area contributed by atoms with E-state index in [-0.39, 0.29) is 16.8 Å². The van der Waals surface area contributed by atoms with Crippen molar-refractivity contribution < 1.29 is 9.50 Å². The number of aromatic nitrogens is 4. The second-order valence-electron chi connectivity index (χ2n) is 7.86. The summed E-state index contributed by atoms with van der Waals surface area (Å²) in [5, 5.41) is 28.8. The van der Waals surface area contributed by atoms with Gasteiger partial charge >= 0.3 is 0 Å². The minimum atomic E-state index is -0.815. The zero-order valence-electron chi connectivity index (χ0n) is 17.1. The number of phenolic OH excluding ortho intramolecular Hbond substituents is 1. The van der Waals surface area contributed by atoms with Crippen LogP contribution in [0, 0.1) is 17.1 Å². The minimum absolute atomic E-state index is 0.0815. The van der Waals surface area contributed by atoms with Crippen LogP contribution in [0.4, 0.5) is 10.1 Å². The fraction of sp³-hybridized carbons (Fsp3) is 0.273. The second-order valence-corrected chi connectivity index (χ2v) is 7.86. The van der Waals surface area contributed by atoms with Crippen LogP contribution < -0.4 is 10.2 Å². The number of hydrogen-bond acceptors (Lipinski definition) is 7. The maximum Gasteiger partial charge on any atom is 0.193 e. The number of aromatic hydroxyl groups is 1. The van der Waals surface area contributed by atoms with E-state index < -0.39 is 11.6 Å². The Kier molecular flexibility index (Phi) is 4.45. The lowest BCUT2D eigenvalue weighted by Crippen LogP contribution is -2.49. The molecule has 1 aromatic carbocycles. The summed E-state index contributed by atoms with van der Waals surface area (Å²) in [5.41, 5.74) is 2.21. The van der Waals surface area contributed by atoms with E-state index >= 15 is 0 Å². The average molecular weight is 417 g/mol. The largest absolute Gasteiger partial charge is 0.504 e. The normalized spacial score (nSPS) is 16.7. The molecule has 1 unspecified atom stereocenters. The fourth-order valence-electron chi connectivity index (χ4n) is 4.10. The highest BCUT2D eigenvalue weighted by molar-refractivity contribution is 5.91. The van der Waals surface area contributed by atoms with E-state index in [1.807, 2.05) is 6.07 Å². The number of pyridine rings is 2. The van der Waals surface area contributed by atoms with Gasteiger partial charge in [0.2, 0.25) is 0 Å². The van der Waals surface area contributed by atoms with Gasteiger partial charge in [-0.3, -0.25) is 4.68 Å². The van der Waals surface area contributed by atoms with Crippen molar-refractivity contribution in [2.45, 2.75) is 13.0 Å². The van der Waals surface area contributed by atoms with Gasteiger partial charge in [-0.15, -0.1) is 0 Å². The molecule has 3 aromatic heterocycles. The number of halogens is 1. The van der Waals surface area contributed by atoms with Crippen molar-refractivity contribution in [3.63, 3.8) is 0 Å². The Bertz CT molecular complexity index is 1370. The molecule has 9 heteroatoms. The summed E-state index contributed by atoms with van der Waals surface area (Å²) < 4.78 is 16.2. The van der Waals surface area contributed by atoms with E-state index in [0.717, 1.165) is 25.3 Å². The maximum atomic E-state index is 14.7. The summed E-state index contributed by atoms with van der Waals surface area (Å²) in [6, 6.07) is 7.65. The molecule has 1 aliphatic heterocycles. The number of piperazine rings is 1. The topological polar surface area (TPSA) is 103 Å². The van der Waals surface area contributed by atoms with Crippen LogP contribution in [-0.2, 0) is 7.05 Å². The van der Waals surface area contributed by atoms with Gasteiger partial charge in [0, 0.05) is 55.3 Å². The van der Waals surface area contributed by atoms with Crippen molar-refractivity contribution in [1.82, 2.24) is 25.1 Å². The number of hydrogen-bond donors (Lipinski definition) is 2. The number of fused-ring (bicyclic) bond motifs is 2. The van der Waals surface area contributed by atoms with Gasteiger partial charge in [0.1, 0.15) is 5.52 Å². The summed E-state index contributed by atoms with van der Waals surface area (Å²) >= 11 is 0. The molecular weight excluding hydrogens is 397 g/mol. The molecule has 1 atom stereocenters. The predicted octanol–water partition coefficient (Wildman–Crippen LogP) is 2.70. The van der Waals surface area contributed by atoms with E-state index in [4.69, 9.17) is 0 Å². The first-order valence-electron chi connectivity index (χ1n) is 9.99. The first kappa shape index (κ1) is 19.2. The second kappa shape index (κ2) is 7.18. The van der Waals surface area contributed by atoms with E-state index in [2.05, 4.69) is 38.3 Å². The quantitative estimate of drug-likeness (QED) is 0.517. The number of nitrogens with one attached hydrogen (secondary N) is 1. The maximum absolute atomic E-state index is 14.7. The van der Waals surface area contributed by atoms with Gasteiger partial charge in [0.25, 0.3) is 0 Å². The molecule has 0 spiro atoms. The Labute approximate surface area is 177 Å². The molecule has 4 aromatic rings. The Hall–Kier alpha value is -3.77. The van der Waals surface area contributed by atoms with Crippen LogP contribution in [0.2, 0.25) is 0 Å². The molecule has 5 rings (SSSR count). The third-order valence-electron chi connectivity index (χ3n) is 5.61. The van der Waals surface area contributed by atoms with Gasteiger partial charge in [0.05, 0.1) is 29.2 Å². The first-order valence-corrected chi connectivity index (χ1v) is 9.99. The third-order valence-corrected chi connectivity index (χ3v) is 5.61. The number of rotatable bonds is 2. The SMILES string of the molecule is CC1CN(c2cnc3nc(-c4cc5cn(C)nc5c(F)c4O)cc(C#N)c3c2)CCN1. The molecule has 1 saturated heterocycles. The summed E-state index contributed by atoms with van der Waals surface area (Å²) in [6.45, 7) is 4.70. The van der Waals surface area contributed by atoms with Crippen molar-refractivity contribution in [3.05, 3.63) is 42.0 Å². The summed E-state index contributed by atoms with van der Waals surface area (Å²) in [6.07, 6.45) is 3.40. The van der Waals surface area contributed by atoms with Gasteiger partial charge in [-0.05, 0) is 25.1 Å². The number of aryl methyl sites for hydroxylation is 1. The molecule has 0 bridgehead atoms.